The van der Waals surface area contributed by atoms with Gasteiger partial charge in [-0.1, -0.05) is 34.1 Å². The van der Waals surface area contributed by atoms with Crippen LogP contribution < -0.4 is 10.6 Å². The number of amides is 2. The van der Waals surface area contributed by atoms with Gasteiger partial charge in [-0.05, 0) is 61.5 Å². The quantitative estimate of drug-likeness (QED) is 0.288. The van der Waals surface area contributed by atoms with Crippen molar-refractivity contribution in [3.05, 3.63) is 89.1 Å². The zero-order chi connectivity index (χ0) is 23.2. The number of halogens is 1. The standard InChI is InChI=1S/C25H20BrN3O4/c1-2-32-24(30)18-6-4-8-21(14-18)28-25(31)27-20-11-9-16(10-12-20)23-29-22(15-33-23)17-5-3-7-19(26)13-17/h3-15H,2H2,1H3,(H2,27,28,31). The molecule has 0 aliphatic rings. The second kappa shape index (κ2) is 10.1. The van der Waals surface area contributed by atoms with E-state index in [1.165, 1.54) is 0 Å². The third-order valence-electron chi connectivity index (χ3n) is 4.65. The van der Waals surface area contributed by atoms with Gasteiger partial charge in [-0.3, -0.25) is 0 Å². The molecule has 1 heterocycles. The van der Waals surface area contributed by atoms with Gasteiger partial charge in [0.15, 0.2) is 0 Å². The Balaban J connectivity index is 1.40. The van der Waals surface area contributed by atoms with Crippen molar-refractivity contribution in [1.29, 1.82) is 0 Å². The smallest absolute Gasteiger partial charge is 0.338 e. The highest BCUT2D eigenvalue weighted by Crippen LogP contribution is 2.27. The first-order valence-corrected chi connectivity index (χ1v) is 11.0. The lowest BCUT2D eigenvalue weighted by Gasteiger charge is -2.09. The molecule has 0 aliphatic carbocycles. The fourth-order valence-electron chi connectivity index (χ4n) is 3.11. The molecule has 7 nitrogen and oxygen atoms in total. The first kappa shape index (κ1) is 22.3. The Bertz CT molecular complexity index is 1280. The molecule has 0 aliphatic heterocycles. The van der Waals surface area contributed by atoms with E-state index in [2.05, 4.69) is 31.5 Å². The van der Waals surface area contributed by atoms with Crippen LogP contribution in [0.3, 0.4) is 0 Å². The third-order valence-corrected chi connectivity index (χ3v) is 5.14. The SMILES string of the molecule is CCOC(=O)c1cccc(NC(=O)Nc2ccc(-c3nc(-c4cccc(Br)c4)co3)cc2)c1. The van der Waals surface area contributed by atoms with Crippen molar-refractivity contribution in [1.82, 2.24) is 4.98 Å². The summed E-state index contributed by atoms with van der Waals surface area (Å²) in [4.78, 5) is 28.8. The lowest BCUT2D eigenvalue weighted by atomic mass is 10.2. The Morgan fingerprint density at radius 2 is 1.70 bits per heavy atom. The number of nitrogens with zero attached hydrogens (tertiary/aromatic N) is 1. The summed E-state index contributed by atoms with van der Waals surface area (Å²) in [7, 11) is 0. The van der Waals surface area contributed by atoms with Crippen molar-refractivity contribution in [2.75, 3.05) is 17.2 Å². The van der Waals surface area contributed by atoms with Gasteiger partial charge in [0, 0.05) is 27.0 Å². The summed E-state index contributed by atoms with van der Waals surface area (Å²) in [5, 5.41) is 5.47. The van der Waals surface area contributed by atoms with Crippen LogP contribution in [-0.2, 0) is 4.74 Å². The third kappa shape index (κ3) is 5.67. The van der Waals surface area contributed by atoms with Crippen LogP contribution in [0.15, 0.2) is 87.9 Å². The largest absolute Gasteiger partial charge is 0.462 e. The predicted molar refractivity (Wildman–Crippen MR) is 130 cm³/mol. The van der Waals surface area contributed by atoms with Crippen molar-refractivity contribution in [2.45, 2.75) is 6.92 Å². The molecule has 0 fully saturated rings. The van der Waals surface area contributed by atoms with Gasteiger partial charge in [0.2, 0.25) is 5.89 Å². The van der Waals surface area contributed by atoms with Crippen LogP contribution in [0.2, 0.25) is 0 Å². The van der Waals surface area contributed by atoms with Gasteiger partial charge in [0.1, 0.15) is 12.0 Å². The number of nitrogens with one attached hydrogen (secondary N) is 2. The molecule has 3 aromatic carbocycles. The maximum Gasteiger partial charge on any atom is 0.338 e. The molecular formula is C25H20BrN3O4. The number of hydrogen-bond donors (Lipinski definition) is 2. The molecule has 33 heavy (non-hydrogen) atoms. The minimum Gasteiger partial charge on any atom is -0.462 e. The molecule has 0 radical (unpaired) electrons. The molecular weight excluding hydrogens is 486 g/mol. The first-order chi connectivity index (χ1) is 16.0. The second-order valence-electron chi connectivity index (χ2n) is 7.01. The Hall–Kier alpha value is -3.91. The lowest BCUT2D eigenvalue weighted by Crippen LogP contribution is -2.19. The van der Waals surface area contributed by atoms with E-state index < -0.39 is 12.0 Å². The molecule has 0 atom stereocenters. The summed E-state index contributed by atoms with van der Waals surface area (Å²) in [6, 6.07) is 21.1. The number of hydrogen-bond acceptors (Lipinski definition) is 5. The summed E-state index contributed by atoms with van der Waals surface area (Å²) in [5.41, 5.74) is 3.90. The Morgan fingerprint density at radius 3 is 2.45 bits per heavy atom. The Labute approximate surface area is 198 Å². The molecule has 2 N–H and O–H groups in total. The highest BCUT2D eigenvalue weighted by atomic mass is 79.9. The average Bonchev–Trinajstić information content (AvgIpc) is 3.30. The molecule has 1 aromatic heterocycles. The summed E-state index contributed by atoms with van der Waals surface area (Å²) < 4.78 is 11.6. The van der Waals surface area contributed by atoms with Crippen molar-refractivity contribution < 1.29 is 18.7 Å². The topological polar surface area (TPSA) is 93.5 Å². The summed E-state index contributed by atoms with van der Waals surface area (Å²) >= 11 is 3.46. The van der Waals surface area contributed by atoms with Crippen LogP contribution in [0.4, 0.5) is 16.2 Å². The second-order valence-corrected chi connectivity index (χ2v) is 7.92. The van der Waals surface area contributed by atoms with Gasteiger partial charge >= 0.3 is 12.0 Å². The number of benzene rings is 3. The van der Waals surface area contributed by atoms with E-state index in [1.54, 1.807) is 49.6 Å². The lowest BCUT2D eigenvalue weighted by molar-refractivity contribution is 0.0526. The fraction of sp³-hybridized carbons (Fsp3) is 0.0800. The van der Waals surface area contributed by atoms with Crippen molar-refractivity contribution in [3.8, 4) is 22.7 Å². The van der Waals surface area contributed by atoms with Crippen LogP contribution >= 0.6 is 15.9 Å². The highest BCUT2D eigenvalue weighted by Gasteiger charge is 2.11. The fourth-order valence-corrected chi connectivity index (χ4v) is 3.51. The number of esters is 1. The van der Waals surface area contributed by atoms with Gasteiger partial charge in [-0.25, -0.2) is 14.6 Å². The van der Waals surface area contributed by atoms with Gasteiger partial charge in [-0.2, -0.15) is 0 Å². The van der Waals surface area contributed by atoms with Crippen molar-refractivity contribution in [2.24, 2.45) is 0 Å². The number of anilines is 2. The van der Waals surface area contributed by atoms with Gasteiger partial charge < -0.3 is 19.8 Å². The number of carbonyl (C=O) groups excluding carboxylic acids is 2. The van der Waals surface area contributed by atoms with E-state index in [0.717, 1.165) is 21.3 Å². The van der Waals surface area contributed by atoms with Crippen LogP contribution in [0, 0.1) is 0 Å². The predicted octanol–water partition coefficient (Wildman–Crippen LogP) is 6.59. The molecule has 0 spiro atoms. The number of ether oxygens (including phenoxy) is 1. The van der Waals surface area contributed by atoms with Crippen molar-refractivity contribution in [3.63, 3.8) is 0 Å². The monoisotopic (exact) mass is 505 g/mol. The van der Waals surface area contributed by atoms with E-state index in [4.69, 9.17) is 9.15 Å². The molecule has 2 amide bonds. The van der Waals surface area contributed by atoms with Crippen LogP contribution in [0.1, 0.15) is 17.3 Å². The molecule has 8 heteroatoms. The molecule has 0 unspecified atom stereocenters. The number of oxazole rings is 1. The average molecular weight is 506 g/mol. The van der Waals surface area contributed by atoms with Crippen LogP contribution in [0.25, 0.3) is 22.7 Å². The van der Waals surface area contributed by atoms with Crippen LogP contribution in [0.5, 0.6) is 0 Å². The number of aromatic nitrogens is 1. The van der Waals surface area contributed by atoms with E-state index in [9.17, 15) is 9.59 Å². The van der Waals surface area contributed by atoms with E-state index in [-0.39, 0.29) is 6.61 Å². The molecule has 4 aromatic rings. The number of rotatable bonds is 6. The minimum atomic E-state index is -0.438. The number of carbonyl (C=O) groups is 2. The first-order valence-electron chi connectivity index (χ1n) is 10.2. The normalized spacial score (nSPS) is 10.5. The van der Waals surface area contributed by atoms with Gasteiger partial charge in [0.05, 0.1) is 12.2 Å². The maximum absolute atomic E-state index is 12.4. The molecule has 4 rings (SSSR count). The van der Waals surface area contributed by atoms with Crippen molar-refractivity contribution >= 4 is 39.3 Å². The number of urea groups is 1. The summed E-state index contributed by atoms with van der Waals surface area (Å²) in [5.74, 6) is 0.0449. The van der Waals surface area contributed by atoms with E-state index in [1.807, 2.05) is 36.4 Å². The van der Waals surface area contributed by atoms with Crippen LogP contribution in [-0.4, -0.2) is 23.6 Å². The van der Waals surface area contributed by atoms with E-state index in [0.29, 0.717) is 22.8 Å². The maximum atomic E-state index is 12.4. The highest BCUT2D eigenvalue weighted by molar-refractivity contribution is 9.10. The molecule has 0 bridgehead atoms. The zero-order valence-corrected chi connectivity index (χ0v) is 19.3. The van der Waals surface area contributed by atoms with Gasteiger partial charge in [0.25, 0.3) is 0 Å². The molecule has 0 saturated heterocycles. The van der Waals surface area contributed by atoms with E-state index >= 15 is 0 Å². The molecule has 0 saturated carbocycles. The molecule has 166 valence electrons. The Morgan fingerprint density at radius 1 is 0.939 bits per heavy atom. The summed E-state index contributed by atoms with van der Waals surface area (Å²) in [6.07, 6.45) is 1.61. The Kier molecular flexibility index (Phi) is 6.85. The van der Waals surface area contributed by atoms with Gasteiger partial charge in [-0.15, -0.1) is 0 Å². The zero-order valence-electron chi connectivity index (χ0n) is 17.7. The minimum absolute atomic E-state index is 0.284. The summed E-state index contributed by atoms with van der Waals surface area (Å²) in [6.45, 7) is 2.02.